The molecule has 1 aromatic carbocycles. The van der Waals surface area contributed by atoms with Crippen LogP contribution in [0.25, 0.3) is 11.3 Å². The fourth-order valence-corrected chi connectivity index (χ4v) is 2.49. The highest BCUT2D eigenvalue weighted by Crippen LogP contribution is 2.21. The zero-order valence-corrected chi connectivity index (χ0v) is 11.5. The van der Waals surface area contributed by atoms with Crippen LogP contribution in [-0.2, 0) is 0 Å². The molecule has 1 aromatic heterocycles. The number of piperazine rings is 1. The van der Waals surface area contributed by atoms with Gasteiger partial charge in [0.25, 0.3) is 5.56 Å². The number of anilines is 1. The molecular formula is C15H18N4O. The van der Waals surface area contributed by atoms with Crippen molar-refractivity contribution in [3.63, 3.8) is 0 Å². The Labute approximate surface area is 117 Å². The predicted molar refractivity (Wildman–Crippen MR) is 80.1 cm³/mol. The number of aromatic amines is 1. The van der Waals surface area contributed by atoms with Crippen molar-refractivity contribution in [2.45, 2.75) is 6.92 Å². The molecule has 5 heteroatoms. The number of hydrogen-bond donors (Lipinski definition) is 2. The summed E-state index contributed by atoms with van der Waals surface area (Å²) in [5.74, 6) is 0.638. The van der Waals surface area contributed by atoms with Crippen molar-refractivity contribution in [1.82, 2.24) is 15.3 Å². The average molecular weight is 270 g/mol. The molecule has 0 bridgehead atoms. The molecule has 0 amide bonds. The standard InChI is InChI=1S/C15H18N4O/c1-11-17-14(10-15(20)18-11)12-2-4-13(5-3-12)19-8-6-16-7-9-19/h2-5,10,16H,6-9H2,1H3,(H,17,18,20). The molecule has 1 saturated heterocycles. The van der Waals surface area contributed by atoms with Crippen LogP contribution in [0.2, 0.25) is 0 Å². The molecule has 1 fully saturated rings. The lowest BCUT2D eigenvalue weighted by atomic mass is 10.1. The topological polar surface area (TPSA) is 61.0 Å². The fourth-order valence-electron chi connectivity index (χ4n) is 2.49. The second kappa shape index (κ2) is 5.46. The second-order valence-corrected chi connectivity index (χ2v) is 5.00. The quantitative estimate of drug-likeness (QED) is 0.859. The van der Waals surface area contributed by atoms with Crippen LogP contribution in [0.15, 0.2) is 35.1 Å². The highest BCUT2D eigenvalue weighted by Gasteiger charge is 2.10. The number of rotatable bonds is 2. The van der Waals surface area contributed by atoms with Gasteiger partial charge in [-0.2, -0.15) is 0 Å². The summed E-state index contributed by atoms with van der Waals surface area (Å²) in [6.45, 7) is 5.90. The van der Waals surface area contributed by atoms with E-state index < -0.39 is 0 Å². The van der Waals surface area contributed by atoms with E-state index in [0.717, 1.165) is 37.4 Å². The van der Waals surface area contributed by atoms with Crippen LogP contribution in [0.1, 0.15) is 5.82 Å². The van der Waals surface area contributed by atoms with Crippen molar-refractivity contribution in [3.8, 4) is 11.3 Å². The molecule has 2 aromatic rings. The Balaban J connectivity index is 1.86. The maximum Gasteiger partial charge on any atom is 0.251 e. The lowest BCUT2D eigenvalue weighted by Gasteiger charge is -2.29. The van der Waals surface area contributed by atoms with E-state index in [-0.39, 0.29) is 5.56 Å². The SMILES string of the molecule is Cc1nc(-c2ccc(N3CCNCC3)cc2)cc(=O)[nH]1. The van der Waals surface area contributed by atoms with E-state index in [1.807, 2.05) is 12.1 Å². The fraction of sp³-hybridized carbons (Fsp3) is 0.333. The Morgan fingerprint density at radius 3 is 2.50 bits per heavy atom. The van der Waals surface area contributed by atoms with Gasteiger partial charge < -0.3 is 15.2 Å². The number of nitrogens with one attached hydrogen (secondary N) is 2. The van der Waals surface area contributed by atoms with Crippen molar-refractivity contribution in [2.75, 3.05) is 31.1 Å². The Kier molecular flexibility index (Phi) is 3.52. The summed E-state index contributed by atoms with van der Waals surface area (Å²) < 4.78 is 0. The molecule has 0 saturated carbocycles. The molecule has 0 aliphatic carbocycles. The second-order valence-electron chi connectivity index (χ2n) is 5.00. The summed E-state index contributed by atoms with van der Waals surface area (Å²) in [6.07, 6.45) is 0. The van der Waals surface area contributed by atoms with E-state index in [2.05, 4.69) is 32.3 Å². The number of H-pyrrole nitrogens is 1. The summed E-state index contributed by atoms with van der Waals surface area (Å²) in [5.41, 5.74) is 2.80. The van der Waals surface area contributed by atoms with Gasteiger partial charge in [-0.25, -0.2) is 4.98 Å². The highest BCUT2D eigenvalue weighted by atomic mass is 16.1. The first-order valence-electron chi connectivity index (χ1n) is 6.86. The van der Waals surface area contributed by atoms with Crippen LogP contribution in [0.5, 0.6) is 0 Å². The normalized spacial score (nSPS) is 15.3. The molecule has 5 nitrogen and oxygen atoms in total. The first kappa shape index (κ1) is 12.9. The molecule has 2 N–H and O–H groups in total. The molecule has 104 valence electrons. The molecule has 3 rings (SSSR count). The zero-order valence-electron chi connectivity index (χ0n) is 11.5. The Hall–Kier alpha value is -2.14. The minimum absolute atomic E-state index is 0.112. The van der Waals surface area contributed by atoms with E-state index in [4.69, 9.17) is 0 Å². The van der Waals surface area contributed by atoms with Gasteiger partial charge in [-0.05, 0) is 19.1 Å². The van der Waals surface area contributed by atoms with E-state index in [1.165, 1.54) is 11.8 Å². The van der Waals surface area contributed by atoms with Crippen molar-refractivity contribution in [2.24, 2.45) is 0 Å². The molecule has 2 heterocycles. The van der Waals surface area contributed by atoms with Gasteiger partial charge in [-0.1, -0.05) is 12.1 Å². The molecule has 1 aliphatic heterocycles. The number of nitrogens with zero attached hydrogens (tertiary/aromatic N) is 2. The van der Waals surface area contributed by atoms with Gasteiger partial charge in [0.1, 0.15) is 5.82 Å². The van der Waals surface area contributed by atoms with Crippen LogP contribution in [0.3, 0.4) is 0 Å². The summed E-state index contributed by atoms with van der Waals surface area (Å²) in [4.78, 5) is 20.9. The number of benzene rings is 1. The summed E-state index contributed by atoms with van der Waals surface area (Å²) in [6, 6.07) is 9.78. The Bertz CT molecular complexity index is 642. The van der Waals surface area contributed by atoms with Crippen LogP contribution in [-0.4, -0.2) is 36.1 Å². The van der Waals surface area contributed by atoms with Crippen molar-refractivity contribution in [1.29, 1.82) is 0 Å². The third kappa shape index (κ3) is 2.72. The van der Waals surface area contributed by atoms with Gasteiger partial charge in [0, 0.05) is 43.5 Å². The van der Waals surface area contributed by atoms with Crippen LogP contribution in [0.4, 0.5) is 5.69 Å². The summed E-state index contributed by atoms with van der Waals surface area (Å²) in [7, 11) is 0. The van der Waals surface area contributed by atoms with Gasteiger partial charge in [-0.15, -0.1) is 0 Å². The van der Waals surface area contributed by atoms with E-state index >= 15 is 0 Å². The Morgan fingerprint density at radius 1 is 1.15 bits per heavy atom. The van der Waals surface area contributed by atoms with Gasteiger partial charge in [-0.3, -0.25) is 4.79 Å². The average Bonchev–Trinajstić information content (AvgIpc) is 2.47. The van der Waals surface area contributed by atoms with Gasteiger partial charge >= 0.3 is 0 Å². The van der Waals surface area contributed by atoms with Gasteiger partial charge in [0.2, 0.25) is 0 Å². The summed E-state index contributed by atoms with van der Waals surface area (Å²) >= 11 is 0. The monoisotopic (exact) mass is 270 g/mol. The number of aryl methyl sites for hydroxylation is 1. The van der Waals surface area contributed by atoms with Crippen LogP contribution in [0, 0.1) is 6.92 Å². The number of aromatic nitrogens is 2. The number of hydrogen-bond acceptors (Lipinski definition) is 4. The molecule has 1 aliphatic rings. The smallest absolute Gasteiger partial charge is 0.251 e. The van der Waals surface area contributed by atoms with E-state index in [0.29, 0.717) is 5.82 Å². The van der Waals surface area contributed by atoms with Crippen LogP contribution >= 0.6 is 0 Å². The van der Waals surface area contributed by atoms with Crippen molar-refractivity contribution in [3.05, 3.63) is 46.5 Å². The van der Waals surface area contributed by atoms with Gasteiger partial charge in [0.05, 0.1) is 5.69 Å². The lowest BCUT2D eigenvalue weighted by molar-refractivity contribution is 0.589. The first-order chi connectivity index (χ1) is 9.72. The maximum absolute atomic E-state index is 11.5. The minimum Gasteiger partial charge on any atom is -0.369 e. The Morgan fingerprint density at radius 2 is 1.85 bits per heavy atom. The van der Waals surface area contributed by atoms with Crippen LogP contribution < -0.4 is 15.8 Å². The highest BCUT2D eigenvalue weighted by molar-refractivity contribution is 5.63. The van der Waals surface area contributed by atoms with Crippen molar-refractivity contribution >= 4 is 5.69 Å². The van der Waals surface area contributed by atoms with Crippen molar-refractivity contribution < 1.29 is 0 Å². The largest absolute Gasteiger partial charge is 0.369 e. The lowest BCUT2D eigenvalue weighted by Crippen LogP contribution is -2.43. The predicted octanol–water partition coefficient (Wildman–Crippen LogP) is 1.15. The molecule has 0 atom stereocenters. The first-order valence-corrected chi connectivity index (χ1v) is 6.86. The molecule has 20 heavy (non-hydrogen) atoms. The zero-order chi connectivity index (χ0) is 13.9. The van der Waals surface area contributed by atoms with E-state index in [9.17, 15) is 4.79 Å². The maximum atomic E-state index is 11.5. The molecule has 0 radical (unpaired) electrons. The third-order valence-electron chi connectivity index (χ3n) is 3.51. The minimum atomic E-state index is -0.112. The summed E-state index contributed by atoms with van der Waals surface area (Å²) in [5, 5.41) is 3.34. The molecule has 0 unspecified atom stereocenters. The van der Waals surface area contributed by atoms with E-state index in [1.54, 1.807) is 6.92 Å². The molecule has 0 spiro atoms. The molecular weight excluding hydrogens is 252 g/mol. The van der Waals surface area contributed by atoms with Gasteiger partial charge in [0.15, 0.2) is 0 Å². The third-order valence-corrected chi connectivity index (χ3v) is 3.51.